The lowest BCUT2D eigenvalue weighted by molar-refractivity contribution is 0.506. The van der Waals surface area contributed by atoms with Crippen LogP contribution in [0.15, 0.2) is 29.1 Å². The van der Waals surface area contributed by atoms with Crippen LogP contribution in [0.5, 0.6) is 0 Å². The Bertz CT molecular complexity index is 471. The van der Waals surface area contributed by atoms with Crippen LogP contribution in [-0.4, -0.2) is 4.98 Å². The van der Waals surface area contributed by atoms with Gasteiger partial charge in [0.05, 0.1) is 17.2 Å². The van der Waals surface area contributed by atoms with E-state index in [9.17, 15) is 8.78 Å². The average molecular weight is 240 g/mol. The van der Waals surface area contributed by atoms with Gasteiger partial charge in [-0.25, -0.2) is 13.8 Å². The van der Waals surface area contributed by atoms with E-state index in [2.05, 4.69) is 4.98 Å². The van der Waals surface area contributed by atoms with Gasteiger partial charge in [-0.1, -0.05) is 6.07 Å². The minimum atomic E-state index is -0.844. The molecule has 2 aromatic rings. The van der Waals surface area contributed by atoms with Crippen molar-refractivity contribution >= 4 is 11.3 Å². The zero-order valence-corrected chi connectivity index (χ0v) is 9.18. The van der Waals surface area contributed by atoms with Crippen molar-refractivity contribution in [1.82, 2.24) is 4.98 Å². The van der Waals surface area contributed by atoms with E-state index in [1.807, 2.05) is 5.38 Å². The van der Waals surface area contributed by atoms with Gasteiger partial charge in [-0.15, -0.1) is 11.3 Å². The van der Waals surface area contributed by atoms with Gasteiger partial charge >= 0.3 is 0 Å². The maximum atomic E-state index is 12.9. The Morgan fingerprint density at radius 2 is 2.12 bits per heavy atom. The van der Waals surface area contributed by atoms with Crippen LogP contribution < -0.4 is 5.73 Å². The van der Waals surface area contributed by atoms with Gasteiger partial charge in [0.15, 0.2) is 11.6 Å². The fraction of sp³-hybridized carbons (Fsp3) is 0.182. The summed E-state index contributed by atoms with van der Waals surface area (Å²) >= 11 is 1.46. The molecule has 1 aromatic carbocycles. The van der Waals surface area contributed by atoms with Gasteiger partial charge in [-0.2, -0.15) is 0 Å². The SMILES string of the molecule is NC(Cc1ccc(F)c(F)c1)c1cscn1. The third-order valence-electron chi connectivity index (χ3n) is 2.27. The highest BCUT2D eigenvalue weighted by Crippen LogP contribution is 2.17. The van der Waals surface area contributed by atoms with E-state index in [0.717, 1.165) is 11.8 Å². The van der Waals surface area contributed by atoms with Gasteiger partial charge in [0.1, 0.15) is 0 Å². The fourth-order valence-electron chi connectivity index (χ4n) is 1.43. The molecule has 1 aromatic heterocycles. The summed E-state index contributed by atoms with van der Waals surface area (Å²) in [6.07, 6.45) is 0.445. The summed E-state index contributed by atoms with van der Waals surface area (Å²) in [7, 11) is 0. The van der Waals surface area contributed by atoms with E-state index in [1.165, 1.54) is 23.5 Å². The largest absolute Gasteiger partial charge is 0.322 e. The van der Waals surface area contributed by atoms with Crippen LogP contribution in [0.1, 0.15) is 17.3 Å². The maximum Gasteiger partial charge on any atom is 0.159 e. The summed E-state index contributed by atoms with van der Waals surface area (Å²) in [5, 5.41) is 1.85. The van der Waals surface area contributed by atoms with Crippen molar-refractivity contribution in [3.05, 3.63) is 52.0 Å². The first-order valence-corrected chi connectivity index (χ1v) is 5.68. The lowest BCUT2D eigenvalue weighted by atomic mass is 10.0. The number of aromatic nitrogens is 1. The average Bonchev–Trinajstić information content (AvgIpc) is 2.77. The van der Waals surface area contributed by atoms with E-state index in [-0.39, 0.29) is 6.04 Å². The molecule has 0 spiro atoms. The smallest absolute Gasteiger partial charge is 0.159 e. The highest BCUT2D eigenvalue weighted by Gasteiger charge is 2.10. The summed E-state index contributed by atoms with van der Waals surface area (Å²) in [5.41, 5.74) is 9.02. The molecule has 2 rings (SSSR count). The second kappa shape index (κ2) is 4.67. The van der Waals surface area contributed by atoms with E-state index >= 15 is 0 Å². The summed E-state index contributed by atoms with van der Waals surface area (Å²) < 4.78 is 25.6. The quantitative estimate of drug-likeness (QED) is 0.895. The first-order valence-electron chi connectivity index (χ1n) is 4.74. The molecule has 0 fully saturated rings. The molecular formula is C11H10F2N2S. The Hall–Kier alpha value is -1.33. The van der Waals surface area contributed by atoms with Crippen molar-refractivity contribution in [2.75, 3.05) is 0 Å². The minimum Gasteiger partial charge on any atom is -0.322 e. The normalized spacial score (nSPS) is 12.7. The monoisotopic (exact) mass is 240 g/mol. The van der Waals surface area contributed by atoms with Crippen LogP contribution in [0.25, 0.3) is 0 Å². The molecule has 0 aliphatic carbocycles. The van der Waals surface area contributed by atoms with Crippen LogP contribution >= 0.6 is 11.3 Å². The zero-order chi connectivity index (χ0) is 11.5. The third kappa shape index (κ3) is 2.43. The highest BCUT2D eigenvalue weighted by molar-refractivity contribution is 7.07. The molecule has 0 aliphatic heterocycles. The Labute approximate surface area is 95.7 Å². The topological polar surface area (TPSA) is 38.9 Å². The van der Waals surface area contributed by atoms with Crippen molar-refractivity contribution in [1.29, 1.82) is 0 Å². The summed E-state index contributed by atoms with van der Waals surface area (Å²) in [6, 6.07) is 3.53. The number of rotatable bonds is 3. The summed E-state index contributed by atoms with van der Waals surface area (Å²) in [6.45, 7) is 0. The zero-order valence-electron chi connectivity index (χ0n) is 8.36. The summed E-state index contributed by atoms with van der Waals surface area (Å²) in [4.78, 5) is 4.08. The van der Waals surface area contributed by atoms with Gasteiger partial charge in [-0.3, -0.25) is 0 Å². The molecule has 1 heterocycles. The lowest BCUT2D eigenvalue weighted by Crippen LogP contribution is -2.13. The van der Waals surface area contributed by atoms with Crippen LogP contribution in [0.3, 0.4) is 0 Å². The predicted octanol–water partition coefficient (Wildman–Crippen LogP) is 2.66. The van der Waals surface area contributed by atoms with Crippen LogP contribution in [0.2, 0.25) is 0 Å². The van der Waals surface area contributed by atoms with Gasteiger partial charge in [0.2, 0.25) is 0 Å². The van der Waals surface area contributed by atoms with Crippen LogP contribution in [0, 0.1) is 11.6 Å². The Balaban J connectivity index is 2.12. The molecular weight excluding hydrogens is 230 g/mol. The Kier molecular flexibility index (Phi) is 3.26. The molecule has 16 heavy (non-hydrogen) atoms. The van der Waals surface area contributed by atoms with Crippen LogP contribution in [-0.2, 0) is 6.42 Å². The fourth-order valence-corrected chi connectivity index (χ4v) is 2.05. The molecule has 0 aliphatic rings. The van der Waals surface area contributed by atoms with E-state index in [0.29, 0.717) is 12.0 Å². The molecule has 0 amide bonds. The number of nitrogens with two attached hydrogens (primary N) is 1. The van der Waals surface area contributed by atoms with Crippen molar-refractivity contribution in [2.45, 2.75) is 12.5 Å². The number of thiazole rings is 1. The van der Waals surface area contributed by atoms with Crippen molar-refractivity contribution in [3.63, 3.8) is 0 Å². The molecule has 1 unspecified atom stereocenters. The molecule has 5 heteroatoms. The van der Waals surface area contributed by atoms with Gasteiger partial charge < -0.3 is 5.73 Å². The molecule has 84 valence electrons. The predicted molar refractivity (Wildman–Crippen MR) is 59.1 cm³/mol. The van der Waals surface area contributed by atoms with Crippen molar-refractivity contribution in [2.24, 2.45) is 5.73 Å². The number of hydrogen-bond donors (Lipinski definition) is 1. The maximum absolute atomic E-state index is 12.9. The Morgan fingerprint density at radius 1 is 1.31 bits per heavy atom. The third-order valence-corrected chi connectivity index (χ3v) is 2.88. The number of halogens is 2. The molecule has 2 N–H and O–H groups in total. The number of benzene rings is 1. The van der Waals surface area contributed by atoms with E-state index in [1.54, 1.807) is 5.51 Å². The Morgan fingerprint density at radius 3 is 2.75 bits per heavy atom. The molecule has 0 radical (unpaired) electrons. The van der Waals surface area contributed by atoms with Gasteiger partial charge in [-0.05, 0) is 24.1 Å². The van der Waals surface area contributed by atoms with Crippen molar-refractivity contribution < 1.29 is 8.78 Å². The van der Waals surface area contributed by atoms with Crippen molar-refractivity contribution in [3.8, 4) is 0 Å². The highest BCUT2D eigenvalue weighted by atomic mass is 32.1. The number of nitrogens with zero attached hydrogens (tertiary/aromatic N) is 1. The second-order valence-corrected chi connectivity index (χ2v) is 4.19. The van der Waals surface area contributed by atoms with E-state index in [4.69, 9.17) is 5.73 Å². The first kappa shape index (κ1) is 11.2. The van der Waals surface area contributed by atoms with Gasteiger partial charge in [0, 0.05) is 5.38 Å². The van der Waals surface area contributed by atoms with Crippen LogP contribution in [0.4, 0.5) is 8.78 Å². The first-order chi connectivity index (χ1) is 7.66. The number of hydrogen-bond acceptors (Lipinski definition) is 3. The minimum absolute atomic E-state index is 0.281. The molecule has 0 bridgehead atoms. The van der Waals surface area contributed by atoms with E-state index < -0.39 is 11.6 Å². The molecule has 2 nitrogen and oxygen atoms in total. The molecule has 1 atom stereocenters. The standard InChI is InChI=1S/C11H10F2N2S/c12-8-2-1-7(3-9(8)13)4-10(14)11-5-16-6-15-11/h1-3,5-6,10H,4,14H2. The lowest BCUT2D eigenvalue weighted by Gasteiger charge is -2.08. The molecule has 0 saturated heterocycles. The summed E-state index contributed by atoms with van der Waals surface area (Å²) in [5.74, 6) is -1.69. The molecule has 0 saturated carbocycles. The van der Waals surface area contributed by atoms with Gasteiger partial charge in [0.25, 0.3) is 0 Å². The second-order valence-electron chi connectivity index (χ2n) is 3.47.